The molecule has 0 aliphatic rings. The molecule has 0 spiro atoms. The van der Waals surface area contributed by atoms with E-state index in [-0.39, 0.29) is 18.1 Å². The Morgan fingerprint density at radius 2 is 2.12 bits per heavy atom. The lowest BCUT2D eigenvalue weighted by Crippen LogP contribution is -2.15. The molecule has 3 aromatic rings. The Kier molecular flexibility index (Phi) is 4.93. The molecule has 0 radical (unpaired) electrons. The summed E-state index contributed by atoms with van der Waals surface area (Å²) in [7, 11) is 0. The van der Waals surface area contributed by atoms with Crippen molar-refractivity contribution >= 4 is 34.0 Å². The van der Waals surface area contributed by atoms with Crippen molar-refractivity contribution < 1.29 is 13.9 Å². The van der Waals surface area contributed by atoms with Crippen molar-refractivity contribution in [1.29, 1.82) is 0 Å². The van der Waals surface area contributed by atoms with Crippen LogP contribution < -0.4 is 15.5 Å². The Hall–Kier alpha value is -2.64. The van der Waals surface area contributed by atoms with Crippen LogP contribution in [0, 0.1) is 0 Å². The minimum atomic E-state index is -0.550. The lowest BCUT2D eigenvalue weighted by molar-refractivity contribution is 0.0993. The molecular weight excluding hydrogens is 352 g/mol. The predicted molar refractivity (Wildman–Crippen MR) is 90.8 cm³/mol. The Morgan fingerprint density at radius 3 is 2.79 bits per heavy atom. The molecule has 0 unspecified atom stereocenters. The third-order valence-corrected chi connectivity index (χ3v) is 3.92. The molecule has 1 aromatic carbocycles. The van der Waals surface area contributed by atoms with Gasteiger partial charge in [0.15, 0.2) is 10.9 Å². The average Bonchev–Trinajstić information content (AvgIpc) is 3.08. The molecular formula is C16H11ClN2O4S. The Balaban J connectivity index is 1.67. The summed E-state index contributed by atoms with van der Waals surface area (Å²) in [6.45, 7) is 0.187. The van der Waals surface area contributed by atoms with Crippen molar-refractivity contribution in [2.24, 2.45) is 0 Å². The van der Waals surface area contributed by atoms with E-state index in [9.17, 15) is 9.59 Å². The number of hydrogen-bond donors (Lipinski definition) is 1. The number of nitrogens with zero attached hydrogens (tertiary/aromatic N) is 1. The van der Waals surface area contributed by atoms with Gasteiger partial charge in [-0.1, -0.05) is 23.7 Å². The van der Waals surface area contributed by atoms with Crippen LogP contribution >= 0.6 is 22.9 Å². The topological polar surface area (TPSA) is 81.4 Å². The Labute approximate surface area is 145 Å². The van der Waals surface area contributed by atoms with Gasteiger partial charge in [0.1, 0.15) is 12.9 Å². The van der Waals surface area contributed by atoms with Crippen LogP contribution in [-0.2, 0) is 6.61 Å². The van der Waals surface area contributed by atoms with Crippen LogP contribution in [-0.4, -0.2) is 10.9 Å². The lowest BCUT2D eigenvalue weighted by atomic mass is 10.2. The highest BCUT2D eigenvalue weighted by atomic mass is 35.5. The van der Waals surface area contributed by atoms with Gasteiger partial charge in [-0.25, -0.2) is 4.98 Å². The standard InChI is InChI=1S/C16H11ClN2O4S/c17-11-3-1-10(2-4-11)8-22-14-9-23-13(7-12(14)20)15(21)19-16-18-5-6-24-16/h1-7,9H,8H2,(H,18,19,21). The molecule has 0 aliphatic carbocycles. The van der Waals surface area contributed by atoms with Crippen LogP contribution in [0.4, 0.5) is 5.13 Å². The van der Waals surface area contributed by atoms with Crippen molar-refractivity contribution in [3.63, 3.8) is 0 Å². The van der Waals surface area contributed by atoms with Crippen molar-refractivity contribution in [3.8, 4) is 5.75 Å². The summed E-state index contributed by atoms with van der Waals surface area (Å²) < 4.78 is 10.6. The number of rotatable bonds is 5. The minimum Gasteiger partial charge on any atom is -0.482 e. The fourth-order valence-corrected chi connectivity index (χ4v) is 2.46. The van der Waals surface area contributed by atoms with Gasteiger partial charge >= 0.3 is 0 Å². The molecule has 0 saturated heterocycles. The fourth-order valence-electron chi connectivity index (χ4n) is 1.81. The quantitative estimate of drug-likeness (QED) is 0.750. The van der Waals surface area contributed by atoms with Gasteiger partial charge in [-0.05, 0) is 17.7 Å². The second-order valence-electron chi connectivity index (χ2n) is 4.68. The third kappa shape index (κ3) is 4.01. The molecule has 1 amide bonds. The maximum Gasteiger partial charge on any atom is 0.293 e. The van der Waals surface area contributed by atoms with Gasteiger partial charge in [0, 0.05) is 22.7 Å². The first-order valence-electron chi connectivity index (χ1n) is 6.83. The number of carbonyl (C=O) groups excluding carboxylic acids is 1. The summed E-state index contributed by atoms with van der Waals surface area (Å²) in [6, 6.07) is 8.13. The van der Waals surface area contributed by atoms with Gasteiger partial charge in [-0.3, -0.25) is 14.9 Å². The van der Waals surface area contributed by atoms with E-state index in [0.717, 1.165) is 17.9 Å². The monoisotopic (exact) mass is 362 g/mol. The van der Waals surface area contributed by atoms with Crippen LogP contribution in [0.25, 0.3) is 0 Å². The summed E-state index contributed by atoms with van der Waals surface area (Å²) in [5.41, 5.74) is 0.406. The van der Waals surface area contributed by atoms with Gasteiger partial charge in [0.05, 0.1) is 0 Å². The average molecular weight is 363 g/mol. The van der Waals surface area contributed by atoms with E-state index < -0.39 is 11.3 Å². The zero-order valence-corrected chi connectivity index (χ0v) is 13.8. The first-order chi connectivity index (χ1) is 11.6. The van der Waals surface area contributed by atoms with Crippen LogP contribution in [0.1, 0.15) is 16.1 Å². The number of carbonyl (C=O) groups is 1. The van der Waals surface area contributed by atoms with E-state index in [2.05, 4.69) is 10.3 Å². The first kappa shape index (κ1) is 16.2. The molecule has 3 rings (SSSR count). The van der Waals surface area contributed by atoms with E-state index >= 15 is 0 Å². The third-order valence-electron chi connectivity index (χ3n) is 2.98. The number of thiazole rings is 1. The van der Waals surface area contributed by atoms with Gasteiger partial charge in [-0.15, -0.1) is 11.3 Å². The number of halogens is 1. The summed E-state index contributed by atoms with van der Waals surface area (Å²) in [5.74, 6) is -0.643. The predicted octanol–water partition coefficient (Wildman–Crippen LogP) is 3.58. The first-order valence-corrected chi connectivity index (χ1v) is 8.08. The summed E-state index contributed by atoms with van der Waals surface area (Å²) in [6.07, 6.45) is 2.68. The summed E-state index contributed by atoms with van der Waals surface area (Å²) >= 11 is 7.07. The highest BCUT2D eigenvalue weighted by Gasteiger charge is 2.13. The van der Waals surface area contributed by atoms with Crippen molar-refractivity contribution in [2.45, 2.75) is 6.61 Å². The maximum absolute atomic E-state index is 12.0. The number of nitrogens with one attached hydrogen (secondary N) is 1. The highest BCUT2D eigenvalue weighted by molar-refractivity contribution is 7.13. The van der Waals surface area contributed by atoms with Gasteiger partial charge < -0.3 is 9.15 Å². The molecule has 0 fully saturated rings. The van der Waals surface area contributed by atoms with E-state index in [1.807, 2.05) is 0 Å². The van der Waals surface area contributed by atoms with Crippen LogP contribution in [0.5, 0.6) is 5.75 Å². The zero-order valence-electron chi connectivity index (χ0n) is 12.2. The normalized spacial score (nSPS) is 10.4. The number of amides is 1. The molecule has 0 bridgehead atoms. The van der Waals surface area contributed by atoms with Gasteiger partial charge in [0.2, 0.25) is 11.2 Å². The smallest absolute Gasteiger partial charge is 0.293 e. The molecule has 6 nitrogen and oxygen atoms in total. The number of aromatic nitrogens is 1. The van der Waals surface area contributed by atoms with Crippen LogP contribution in [0.3, 0.4) is 0 Å². The highest BCUT2D eigenvalue weighted by Crippen LogP contribution is 2.14. The van der Waals surface area contributed by atoms with E-state index in [1.54, 1.807) is 35.8 Å². The molecule has 2 heterocycles. The summed E-state index contributed by atoms with van der Waals surface area (Å²) in [5, 5.41) is 5.29. The molecule has 122 valence electrons. The SMILES string of the molecule is O=C(Nc1nccs1)c1cc(=O)c(OCc2ccc(Cl)cc2)co1. The Bertz CT molecular complexity index is 891. The summed E-state index contributed by atoms with van der Waals surface area (Å²) in [4.78, 5) is 27.9. The van der Waals surface area contributed by atoms with Gasteiger partial charge in [-0.2, -0.15) is 0 Å². The lowest BCUT2D eigenvalue weighted by Gasteiger charge is -2.06. The molecule has 0 atom stereocenters. The molecule has 0 saturated carbocycles. The van der Waals surface area contributed by atoms with Crippen LogP contribution in [0.15, 0.2) is 57.4 Å². The second-order valence-corrected chi connectivity index (χ2v) is 6.01. The molecule has 24 heavy (non-hydrogen) atoms. The number of benzene rings is 1. The maximum atomic E-state index is 12.0. The minimum absolute atomic E-state index is 0.0238. The van der Waals surface area contributed by atoms with Crippen molar-refractivity contribution in [3.05, 3.63) is 74.7 Å². The number of ether oxygens (including phenoxy) is 1. The van der Waals surface area contributed by atoms with E-state index in [4.69, 9.17) is 20.8 Å². The van der Waals surface area contributed by atoms with E-state index in [1.165, 1.54) is 11.3 Å². The molecule has 1 N–H and O–H groups in total. The molecule has 8 heteroatoms. The van der Waals surface area contributed by atoms with Crippen molar-refractivity contribution in [1.82, 2.24) is 4.98 Å². The largest absolute Gasteiger partial charge is 0.482 e. The number of anilines is 1. The van der Waals surface area contributed by atoms with Gasteiger partial charge in [0.25, 0.3) is 5.91 Å². The van der Waals surface area contributed by atoms with Crippen LogP contribution in [0.2, 0.25) is 5.02 Å². The second kappa shape index (κ2) is 7.29. The molecule has 0 aliphatic heterocycles. The Morgan fingerprint density at radius 1 is 1.33 bits per heavy atom. The van der Waals surface area contributed by atoms with Crippen molar-refractivity contribution in [2.75, 3.05) is 5.32 Å². The zero-order chi connectivity index (χ0) is 16.9. The van der Waals surface area contributed by atoms with E-state index in [0.29, 0.717) is 10.2 Å². The molecule has 2 aromatic heterocycles. The fraction of sp³-hybridized carbons (Fsp3) is 0.0625. The number of hydrogen-bond acceptors (Lipinski definition) is 6.